The lowest BCUT2D eigenvalue weighted by molar-refractivity contribution is 0.0491. The van der Waals surface area contributed by atoms with Crippen LogP contribution < -0.4 is 16.0 Å². The molecule has 0 aliphatic heterocycles. The number of hydrogen-bond donors (Lipinski definition) is 3. The summed E-state index contributed by atoms with van der Waals surface area (Å²) in [6.45, 7) is 13.3. The van der Waals surface area contributed by atoms with Gasteiger partial charge in [0.2, 0.25) is 0 Å². The topological polar surface area (TPSA) is 95.1 Å². The highest BCUT2D eigenvalue weighted by Crippen LogP contribution is 2.09. The molecule has 174 valence electrons. The number of nitrogens with one attached hydrogen (secondary N) is 3. The highest BCUT2D eigenvalue weighted by Gasteiger charge is 2.21. The number of nitrogens with zero attached hydrogens (tertiary/aromatic N) is 2. The van der Waals surface area contributed by atoms with Crippen LogP contribution in [0.25, 0.3) is 0 Å². The summed E-state index contributed by atoms with van der Waals surface area (Å²) in [6.07, 6.45) is -0.428. The fraction of sp³-hybridized carbons (Fsp3) is 0.609. The summed E-state index contributed by atoms with van der Waals surface area (Å²) in [5.41, 5.74) is 1.11. The average molecular weight is 434 g/mol. The number of carbonyl (C=O) groups excluding carboxylic acids is 2. The maximum Gasteiger partial charge on any atom is 0.407 e. The minimum absolute atomic E-state index is 0.0257. The molecule has 31 heavy (non-hydrogen) atoms. The highest BCUT2D eigenvalue weighted by atomic mass is 16.6. The first-order valence-electron chi connectivity index (χ1n) is 10.7. The Kier molecular flexibility index (Phi) is 10.3. The van der Waals surface area contributed by atoms with E-state index in [-0.39, 0.29) is 17.9 Å². The minimum Gasteiger partial charge on any atom is -0.444 e. The van der Waals surface area contributed by atoms with E-state index in [1.165, 1.54) is 0 Å². The van der Waals surface area contributed by atoms with Crippen LogP contribution in [0, 0.1) is 5.92 Å². The predicted octanol–water partition coefficient (Wildman–Crippen LogP) is 2.99. The van der Waals surface area contributed by atoms with Crippen molar-refractivity contribution < 1.29 is 14.3 Å². The van der Waals surface area contributed by atoms with Crippen molar-refractivity contribution in [1.29, 1.82) is 0 Å². The first-order valence-corrected chi connectivity index (χ1v) is 10.7. The molecule has 1 rings (SSSR count). The lowest BCUT2D eigenvalue weighted by atomic mass is 10.0. The molecule has 0 saturated heterocycles. The van der Waals surface area contributed by atoms with Gasteiger partial charge in [0, 0.05) is 32.7 Å². The molecule has 0 saturated carbocycles. The molecule has 1 aromatic carbocycles. The van der Waals surface area contributed by atoms with Gasteiger partial charge in [-0.05, 0) is 51.3 Å². The molecule has 0 bridgehead atoms. The van der Waals surface area contributed by atoms with Crippen molar-refractivity contribution in [2.45, 2.75) is 59.7 Å². The second-order valence-electron chi connectivity index (χ2n) is 8.97. The largest absolute Gasteiger partial charge is 0.444 e. The number of benzene rings is 1. The number of amides is 2. The zero-order valence-electron chi connectivity index (χ0n) is 20.2. The van der Waals surface area contributed by atoms with Crippen LogP contribution in [-0.2, 0) is 11.3 Å². The van der Waals surface area contributed by atoms with Gasteiger partial charge in [-0.15, -0.1) is 0 Å². The minimum atomic E-state index is -0.540. The molecule has 3 N–H and O–H groups in total. The Morgan fingerprint density at radius 3 is 2.19 bits per heavy atom. The number of carbonyl (C=O) groups is 2. The van der Waals surface area contributed by atoms with Crippen LogP contribution in [-0.4, -0.2) is 61.7 Å². The van der Waals surface area contributed by atoms with Crippen LogP contribution in [0.2, 0.25) is 0 Å². The summed E-state index contributed by atoms with van der Waals surface area (Å²) in [5, 5.41) is 9.44. The van der Waals surface area contributed by atoms with Crippen molar-refractivity contribution in [3.05, 3.63) is 35.4 Å². The second kappa shape index (κ2) is 12.2. The van der Waals surface area contributed by atoms with E-state index in [2.05, 4.69) is 20.9 Å². The van der Waals surface area contributed by atoms with Gasteiger partial charge in [-0.1, -0.05) is 26.0 Å². The molecule has 0 aliphatic carbocycles. The van der Waals surface area contributed by atoms with Crippen molar-refractivity contribution in [2.75, 3.05) is 27.2 Å². The molecule has 2 amide bonds. The molecular weight excluding hydrogens is 394 g/mol. The van der Waals surface area contributed by atoms with Gasteiger partial charge in [0.25, 0.3) is 5.91 Å². The van der Waals surface area contributed by atoms with Gasteiger partial charge in [-0.25, -0.2) is 9.79 Å². The number of ether oxygens (including phenoxy) is 1. The number of rotatable bonds is 8. The van der Waals surface area contributed by atoms with Gasteiger partial charge in [-0.2, -0.15) is 0 Å². The molecule has 0 aromatic heterocycles. The Morgan fingerprint density at radius 1 is 1.10 bits per heavy atom. The fourth-order valence-corrected chi connectivity index (χ4v) is 2.64. The highest BCUT2D eigenvalue weighted by molar-refractivity contribution is 5.93. The third-order valence-electron chi connectivity index (χ3n) is 4.37. The summed E-state index contributed by atoms with van der Waals surface area (Å²) in [4.78, 5) is 30.3. The van der Waals surface area contributed by atoms with Gasteiger partial charge in [0.1, 0.15) is 5.60 Å². The number of aliphatic imine (C=N–C) groups is 1. The second-order valence-corrected chi connectivity index (χ2v) is 8.97. The number of guanidine groups is 1. The molecule has 1 unspecified atom stereocenters. The lowest BCUT2D eigenvalue weighted by Gasteiger charge is -2.26. The molecule has 0 radical (unpaired) electrons. The van der Waals surface area contributed by atoms with Crippen LogP contribution >= 0.6 is 0 Å². The van der Waals surface area contributed by atoms with Crippen LogP contribution in [0.15, 0.2) is 29.3 Å². The monoisotopic (exact) mass is 433 g/mol. The number of alkyl carbamates (subject to hydrolysis) is 1. The Balaban J connectivity index is 2.74. The van der Waals surface area contributed by atoms with Gasteiger partial charge in [-0.3, -0.25) is 4.79 Å². The normalized spacial score (nSPS) is 12.9. The van der Waals surface area contributed by atoms with E-state index in [9.17, 15) is 9.59 Å². The van der Waals surface area contributed by atoms with Crippen LogP contribution in [0.1, 0.15) is 57.5 Å². The van der Waals surface area contributed by atoms with Crippen molar-refractivity contribution in [1.82, 2.24) is 20.9 Å². The Morgan fingerprint density at radius 2 is 1.71 bits per heavy atom. The Labute approximate surface area is 186 Å². The molecule has 0 heterocycles. The lowest BCUT2D eigenvalue weighted by Crippen LogP contribution is -2.50. The first kappa shape index (κ1) is 26.3. The van der Waals surface area contributed by atoms with Crippen LogP contribution in [0.5, 0.6) is 0 Å². The summed E-state index contributed by atoms with van der Waals surface area (Å²) >= 11 is 0. The van der Waals surface area contributed by atoms with E-state index in [4.69, 9.17) is 4.74 Å². The summed E-state index contributed by atoms with van der Waals surface area (Å²) in [6, 6.07) is 7.32. The molecule has 1 atom stereocenters. The Bertz CT molecular complexity index is 737. The molecule has 8 heteroatoms. The van der Waals surface area contributed by atoms with E-state index in [0.29, 0.717) is 31.2 Å². The van der Waals surface area contributed by atoms with Gasteiger partial charge in [0.05, 0.1) is 12.6 Å². The van der Waals surface area contributed by atoms with E-state index in [0.717, 1.165) is 5.56 Å². The smallest absolute Gasteiger partial charge is 0.407 e. The maximum absolute atomic E-state index is 12.1. The quantitative estimate of drug-likeness (QED) is 0.433. The zero-order chi connectivity index (χ0) is 23.6. The van der Waals surface area contributed by atoms with Gasteiger partial charge in [0.15, 0.2) is 5.96 Å². The third-order valence-corrected chi connectivity index (χ3v) is 4.37. The molecule has 1 aromatic rings. The van der Waals surface area contributed by atoms with Crippen LogP contribution in [0.4, 0.5) is 4.79 Å². The molecule has 0 spiro atoms. The molecule has 8 nitrogen and oxygen atoms in total. The first-order chi connectivity index (χ1) is 14.4. The van der Waals surface area contributed by atoms with E-state index in [1.54, 1.807) is 19.0 Å². The van der Waals surface area contributed by atoms with Crippen molar-refractivity contribution >= 4 is 18.0 Å². The maximum atomic E-state index is 12.1. The average Bonchev–Trinajstić information content (AvgIpc) is 2.67. The third kappa shape index (κ3) is 10.2. The predicted molar refractivity (Wildman–Crippen MR) is 125 cm³/mol. The fourth-order valence-electron chi connectivity index (χ4n) is 2.64. The van der Waals surface area contributed by atoms with Crippen molar-refractivity contribution in [2.24, 2.45) is 10.9 Å². The van der Waals surface area contributed by atoms with Gasteiger partial charge < -0.3 is 25.6 Å². The summed E-state index contributed by atoms with van der Waals surface area (Å²) < 4.78 is 5.37. The SMILES string of the molecule is CCNC(=NCc1ccc(C(=O)N(C)C)cc1)NCC(NC(=O)OC(C)(C)C)C(C)C. The van der Waals surface area contributed by atoms with Crippen molar-refractivity contribution in [3.63, 3.8) is 0 Å². The van der Waals surface area contributed by atoms with Gasteiger partial charge >= 0.3 is 6.09 Å². The molecule has 0 aliphatic rings. The van der Waals surface area contributed by atoms with E-state index >= 15 is 0 Å². The summed E-state index contributed by atoms with van der Waals surface area (Å²) in [5.74, 6) is 0.847. The Hall–Kier alpha value is -2.77. The van der Waals surface area contributed by atoms with E-state index < -0.39 is 11.7 Å². The standard InChI is InChI=1S/C23H39N5O3/c1-9-24-21(25-14-17-10-12-18(13-11-17)20(29)28(7)8)26-15-19(16(2)3)27-22(30)31-23(4,5)6/h10-13,16,19H,9,14-15H2,1-8H3,(H,27,30)(H2,24,25,26). The summed E-state index contributed by atoms with van der Waals surface area (Å²) in [7, 11) is 3.47. The molecular formula is C23H39N5O3. The molecule has 0 fully saturated rings. The van der Waals surface area contributed by atoms with Crippen molar-refractivity contribution in [3.8, 4) is 0 Å². The van der Waals surface area contributed by atoms with E-state index in [1.807, 2.05) is 65.8 Å². The number of hydrogen-bond acceptors (Lipinski definition) is 4. The van der Waals surface area contributed by atoms with Crippen LogP contribution in [0.3, 0.4) is 0 Å². The zero-order valence-corrected chi connectivity index (χ0v) is 20.2.